The second-order valence-electron chi connectivity index (χ2n) is 7.35. The van der Waals surface area contributed by atoms with Gasteiger partial charge in [0.15, 0.2) is 0 Å². The van der Waals surface area contributed by atoms with Crippen LogP contribution in [0, 0.1) is 0 Å². The van der Waals surface area contributed by atoms with Crippen molar-refractivity contribution in [3.8, 4) is 0 Å². The zero-order chi connectivity index (χ0) is 19.0. The molecule has 1 spiro atoms. The van der Waals surface area contributed by atoms with Crippen molar-refractivity contribution in [3.05, 3.63) is 33.5 Å². The SMILES string of the molecule is CN(C)Cc1nc(C(=O)N2CCC3(CC2)OCCc2cnc(N)nc23)cs1. The molecule has 0 unspecified atom stereocenters. The fourth-order valence-corrected chi connectivity index (χ4v) is 4.67. The number of nitrogens with zero attached hydrogens (tertiary/aromatic N) is 5. The van der Waals surface area contributed by atoms with Crippen molar-refractivity contribution in [2.75, 3.05) is 39.5 Å². The maximum Gasteiger partial charge on any atom is 0.273 e. The van der Waals surface area contributed by atoms with E-state index in [1.807, 2.05) is 29.3 Å². The standard InChI is InChI=1S/C18H24N6O2S/c1-23(2)10-14-21-13(11-27-14)16(25)24-6-4-18(5-7-24)15-12(3-8-26-18)9-20-17(19)22-15/h9,11H,3-8,10H2,1-2H3,(H2,19,20,22). The van der Waals surface area contributed by atoms with Gasteiger partial charge in [0.2, 0.25) is 5.95 Å². The topological polar surface area (TPSA) is 97.5 Å². The summed E-state index contributed by atoms with van der Waals surface area (Å²) in [6, 6.07) is 0. The molecule has 2 aliphatic rings. The molecule has 0 aromatic carbocycles. The van der Waals surface area contributed by atoms with Crippen LogP contribution in [0.2, 0.25) is 0 Å². The van der Waals surface area contributed by atoms with Gasteiger partial charge >= 0.3 is 0 Å². The number of nitrogen functional groups attached to an aromatic ring is 1. The molecule has 4 rings (SSSR count). The van der Waals surface area contributed by atoms with Crippen LogP contribution in [0.25, 0.3) is 0 Å². The number of carbonyl (C=O) groups excluding carboxylic acids is 1. The Hall–Kier alpha value is -2.10. The van der Waals surface area contributed by atoms with Crippen molar-refractivity contribution in [1.29, 1.82) is 0 Å². The highest BCUT2D eigenvalue weighted by molar-refractivity contribution is 7.09. The van der Waals surface area contributed by atoms with Gasteiger partial charge in [-0.25, -0.2) is 15.0 Å². The molecule has 2 aromatic rings. The zero-order valence-electron chi connectivity index (χ0n) is 15.6. The Kier molecular flexibility index (Phi) is 4.83. The fourth-order valence-electron chi connectivity index (χ4n) is 3.79. The quantitative estimate of drug-likeness (QED) is 0.846. The average Bonchev–Trinajstić information content (AvgIpc) is 3.10. The molecular formula is C18H24N6O2S. The first-order valence-corrected chi connectivity index (χ1v) is 9.99. The molecule has 1 amide bonds. The summed E-state index contributed by atoms with van der Waals surface area (Å²) in [5.41, 5.74) is 7.88. The van der Waals surface area contributed by atoms with Crippen LogP contribution in [0.15, 0.2) is 11.6 Å². The van der Waals surface area contributed by atoms with Gasteiger partial charge in [0, 0.05) is 31.2 Å². The summed E-state index contributed by atoms with van der Waals surface area (Å²) in [7, 11) is 3.98. The lowest BCUT2D eigenvalue weighted by Crippen LogP contribution is -2.49. The number of likely N-dealkylation sites (tertiary alicyclic amines) is 1. The first-order chi connectivity index (χ1) is 13.0. The molecule has 1 saturated heterocycles. The number of hydrogen-bond acceptors (Lipinski definition) is 8. The van der Waals surface area contributed by atoms with Crippen molar-refractivity contribution in [2.45, 2.75) is 31.4 Å². The van der Waals surface area contributed by atoms with Gasteiger partial charge in [-0.2, -0.15) is 0 Å². The second-order valence-corrected chi connectivity index (χ2v) is 8.29. The smallest absolute Gasteiger partial charge is 0.273 e. The number of aromatic nitrogens is 3. The lowest BCUT2D eigenvalue weighted by Gasteiger charge is -2.43. The molecule has 0 saturated carbocycles. The monoisotopic (exact) mass is 388 g/mol. The van der Waals surface area contributed by atoms with E-state index < -0.39 is 5.60 Å². The van der Waals surface area contributed by atoms with E-state index in [0.717, 1.165) is 29.2 Å². The number of anilines is 1. The van der Waals surface area contributed by atoms with Crippen LogP contribution in [-0.2, 0) is 23.3 Å². The number of ether oxygens (including phenoxy) is 1. The number of piperidine rings is 1. The molecule has 144 valence electrons. The Bertz CT molecular complexity index is 844. The largest absolute Gasteiger partial charge is 0.368 e. The summed E-state index contributed by atoms with van der Waals surface area (Å²) in [4.78, 5) is 29.8. The van der Waals surface area contributed by atoms with Crippen molar-refractivity contribution in [2.24, 2.45) is 0 Å². The van der Waals surface area contributed by atoms with Gasteiger partial charge in [-0.3, -0.25) is 4.79 Å². The summed E-state index contributed by atoms with van der Waals surface area (Å²) in [6.07, 6.45) is 4.02. The Balaban J connectivity index is 1.47. The third kappa shape index (κ3) is 3.54. The summed E-state index contributed by atoms with van der Waals surface area (Å²) in [6.45, 7) is 2.62. The van der Waals surface area contributed by atoms with Gasteiger partial charge in [0.05, 0.1) is 12.3 Å². The maximum atomic E-state index is 12.8. The molecule has 2 N–H and O–H groups in total. The van der Waals surface area contributed by atoms with Crippen LogP contribution in [0.5, 0.6) is 0 Å². The molecule has 2 aliphatic heterocycles. The van der Waals surface area contributed by atoms with E-state index in [1.54, 1.807) is 6.20 Å². The molecule has 2 aromatic heterocycles. The fraction of sp³-hybridized carbons (Fsp3) is 0.556. The highest BCUT2D eigenvalue weighted by Crippen LogP contribution is 2.40. The molecule has 8 nitrogen and oxygen atoms in total. The number of rotatable bonds is 3. The number of fused-ring (bicyclic) bond motifs is 2. The Morgan fingerprint density at radius 3 is 2.89 bits per heavy atom. The molecule has 0 radical (unpaired) electrons. The zero-order valence-corrected chi connectivity index (χ0v) is 16.5. The molecular weight excluding hydrogens is 364 g/mol. The molecule has 4 heterocycles. The van der Waals surface area contributed by atoms with Crippen molar-refractivity contribution in [3.63, 3.8) is 0 Å². The van der Waals surface area contributed by atoms with Crippen LogP contribution < -0.4 is 5.73 Å². The van der Waals surface area contributed by atoms with Crippen LogP contribution in [0.3, 0.4) is 0 Å². The number of thiazole rings is 1. The minimum Gasteiger partial charge on any atom is -0.368 e. The number of carbonyl (C=O) groups is 1. The summed E-state index contributed by atoms with van der Waals surface area (Å²) in [5, 5.41) is 2.81. The van der Waals surface area contributed by atoms with Gasteiger partial charge in [-0.05, 0) is 38.9 Å². The Labute approximate surface area is 162 Å². The van der Waals surface area contributed by atoms with Crippen LogP contribution >= 0.6 is 11.3 Å². The van der Waals surface area contributed by atoms with Crippen molar-refractivity contribution >= 4 is 23.2 Å². The lowest BCUT2D eigenvalue weighted by molar-refractivity contribution is -0.0967. The highest BCUT2D eigenvalue weighted by Gasteiger charge is 2.43. The van der Waals surface area contributed by atoms with Gasteiger partial charge < -0.3 is 20.3 Å². The molecule has 0 aliphatic carbocycles. The normalized spacial score (nSPS) is 18.7. The Morgan fingerprint density at radius 1 is 1.37 bits per heavy atom. The van der Waals surface area contributed by atoms with E-state index in [2.05, 4.69) is 15.0 Å². The van der Waals surface area contributed by atoms with Crippen LogP contribution in [-0.4, -0.2) is 64.5 Å². The van der Waals surface area contributed by atoms with E-state index in [0.29, 0.717) is 38.2 Å². The van der Waals surface area contributed by atoms with Crippen LogP contribution in [0.4, 0.5) is 5.95 Å². The van der Waals surface area contributed by atoms with E-state index >= 15 is 0 Å². The predicted molar refractivity (Wildman–Crippen MR) is 102 cm³/mol. The maximum absolute atomic E-state index is 12.8. The van der Waals surface area contributed by atoms with Crippen molar-refractivity contribution in [1.82, 2.24) is 24.8 Å². The van der Waals surface area contributed by atoms with Crippen LogP contribution in [0.1, 0.15) is 39.6 Å². The van der Waals surface area contributed by atoms with Gasteiger partial charge in [0.25, 0.3) is 5.91 Å². The molecule has 0 atom stereocenters. The number of hydrogen-bond donors (Lipinski definition) is 1. The summed E-state index contributed by atoms with van der Waals surface area (Å²) >= 11 is 1.53. The minimum atomic E-state index is -0.459. The third-order valence-corrected chi connectivity index (χ3v) is 5.98. The average molecular weight is 388 g/mol. The molecule has 1 fully saturated rings. The predicted octanol–water partition coefficient (Wildman–Crippen LogP) is 1.28. The first-order valence-electron chi connectivity index (χ1n) is 9.11. The third-order valence-electron chi connectivity index (χ3n) is 5.15. The van der Waals surface area contributed by atoms with Gasteiger partial charge in [-0.15, -0.1) is 11.3 Å². The molecule has 0 bridgehead atoms. The Morgan fingerprint density at radius 2 is 2.15 bits per heavy atom. The minimum absolute atomic E-state index is 0.00987. The van der Waals surface area contributed by atoms with Gasteiger partial charge in [0.1, 0.15) is 16.3 Å². The lowest BCUT2D eigenvalue weighted by atomic mass is 9.83. The first kappa shape index (κ1) is 18.3. The van der Waals surface area contributed by atoms with E-state index in [1.165, 1.54) is 11.3 Å². The number of amides is 1. The summed E-state index contributed by atoms with van der Waals surface area (Å²) in [5.74, 6) is 0.261. The van der Waals surface area contributed by atoms with E-state index in [4.69, 9.17) is 10.5 Å². The van der Waals surface area contributed by atoms with Gasteiger partial charge in [-0.1, -0.05) is 0 Å². The summed E-state index contributed by atoms with van der Waals surface area (Å²) < 4.78 is 6.17. The van der Waals surface area contributed by atoms with E-state index in [9.17, 15) is 4.79 Å². The second kappa shape index (κ2) is 7.14. The van der Waals surface area contributed by atoms with E-state index in [-0.39, 0.29) is 11.9 Å². The molecule has 27 heavy (non-hydrogen) atoms. The number of nitrogens with two attached hydrogens (primary N) is 1. The molecule has 9 heteroatoms. The van der Waals surface area contributed by atoms with Crippen molar-refractivity contribution < 1.29 is 9.53 Å². The highest BCUT2D eigenvalue weighted by atomic mass is 32.1.